The van der Waals surface area contributed by atoms with Crippen LogP contribution in [0.5, 0.6) is 0 Å². The SMILES string of the molecule is CNC(C)C(C)Cc1ncnn1C(C)C. The molecule has 0 saturated heterocycles. The quantitative estimate of drug-likeness (QED) is 0.803. The van der Waals surface area contributed by atoms with Crippen molar-refractivity contribution in [3.63, 3.8) is 0 Å². The van der Waals surface area contributed by atoms with Crippen molar-refractivity contribution >= 4 is 0 Å². The van der Waals surface area contributed by atoms with E-state index in [9.17, 15) is 0 Å². The molecule has 1 aromatic heterocycles. The first-order chi connectivity index (χ1) is 7.06. The molecule has 2 atom stereocenters. The Morgan fingerprint density at radius 3 is 2.53 bits per heavy atom. The van der Waals surface area contributed by atoms with E-state index in [-0.39, 0.29) is 0 Å². The fraction of sp³-hybridized carbons (Fsp3) is 0.818. The van der Waals surface area contributed by atoms with Crippen LogP contribution in [-0.4, -0.2) is 27.9 Å². The first-order valence-electron chi connectivity index (χ1n) is 5.62. The van der Waals surface area contributed by atoms with Crippen molar-refractivity contribution in [1.29, 1.82) is 0 Å². The third-order valence-electron chi connectivity index (χ3n) is 2.95. The molecule has 86 valence electrons. The van der Waals surface area contributed by atoms with E-state index in [1.165, 1.54) is 0 Å². The maximum Gasteiger partial charge on any atom is 0.138 e. The van der Waals surface area contributed by atoms with Crippen LogP contribution in [0.15, 0.2) is 6.33 Å². The Bertz CT molecular complexity index is 293. The van der Waals surface area contributed by atoms with Gasteiger partial charge in [-0.25, -0.2) is 9.67 Å². The van der Waals surface area contributed by atoms with Gasteiger partial charge >= 0.3 is 0 Å². The normalized spacial score (nSPS) is 15.6. The molecule has 0 aliphatic heterocycles. The summed E-state index contributed by atoms with van der Waals surface area (Å²) < 4.78 is 2.00. The van der Waals surface area contributed by atoms with Gasteiger partial charge < -0.3 is 5.32 Å². The molecule has 1 heterocycles. The monoisotopic (exact) mass is 210 g/mol. The summed E-state index contributed by atoms with van der Waals surface area (Å²) in [6.45, 7) is 8.69. The first kappa shape index (κ1) is 12.2. The van der Waals surface area contributed by atoms with Crippen LogP contribution in [-0.2, 0) is 6.42 Å². The minimum absolute atomic E-state index is 0.389. The predicted molar refractivity (Wildman–Crippen MR) is 61.8 cm³/mol. The molecular formula is C11H22N4. The third kappa shape index (κ3) is 3.02. The Labute approximate surface area is 92.1 Å². The molecule has 1 aromatic rings. The van der Waals surface area contributed by atoms with E-state index >= 15 is 0 Å². The van der Waals surface area contributed by atoms with Crippen LogP contribution in [0.1, 0.15) is 39.6 Å². The van der Waals surface area contributed by atoms with Gasteiger partial charge in [0.2, 0.25) is 0 Å². The first-order valence-corrected chi connectivity index (χ1v) is 5.62. The van der Waals surface area contributed by atoms with Crippen molar-refractivity contribution in [1.82, 2.24) is 20.1 Å². The van der Waals surface area contributed by atoms with Gasteiger partial charge in [-0.15, -0.1) is 0 Å². The highest BCUT2D eigenvalue weighted by Gasteiger charge is 2.15. The van der Waals surface area contributed by atoms with Gasteiger partial charge in [-0.2, -0.15) is 5.10 Å². The molecule has 1 rings (SSSR count). The lowest BCUT2D eigenvalue weighted by atomic mass is 9.99. The summed E-state index contributed by atoms with van der Waals surface area (Å²) >= 11 is 0. The molecule has 1 N–H and O–H groups in total. The Balaban J connectivity index is 2.67. The number of hydrogen-bond acceptors (Lipinski definition) is 3. The highest BCUT2D eigenvalue weighted by atomic mass is 15.3. The minimum atomic E-state index is 0.389. The van der Waals surface area contributed by atoms with Gasteiger partial charge in [-0.3, -0.25) is 0 Å². The van der Waals surface area contributed by atoms with E-state index in [4.69, 9.17) is 0 Å². The molecule has 0 aliphatic rings. The van der Waals surface area contributed by atoms with Crippen LogP contribution in [0.4, 0.5) is 0 Å². The second-order valence-electron chi connectivity index (χ2n) is 4.47. The van der Waals surface area contributed by atoms with E-state index in [2.05, 4.69) is 43.1 Å². The fourth-order valence-corrected chi connectivity index (χ4v) is 1.60. The molecule has 4 heteroatoms. The van der Waals surface area contributed by atoms with E-state index in [1.54, 1.807) is 6.33 Å². The molecule has 0 radical (unpaired) electrons. The van der Waals surface area contributed by atoms with Gasteiger partial charge in [0.1, 0.15) is 12.2 Å². The molecule has 0 amide bonds. The highest BCUT2D eigenvalue weighted by Crippen LogP contribution is 2.12. The van der Waals surface area contributed by atoms with Gasteiger partial charge in [-0.1, -0.05) is 6.92 Å². The lowest BCUT2D eigenvalue weighted by molar-refractivity contribution is 0.398. The average Bonchev–Trinajstić information content (AvgIpc) is 2.64. The summed E-state index contributed by atoms with van der Waals surface area (Å²) in [4.78, 5) is 4.32. The largest absolute Gasteiger partial charge is 0.317 e. The van der Waals surface area contributed by atoms with Crippen LogP contribution in [0, 0.1) is 5.92 Å². The summed E-state index contributed by atoms with van der Waals surface area (Å²) in [5.74, 6) is 1.65. The molecule has 15 heavy (non-hydrogen) atoms. The van der Waals surface area contributed by atoms with Crippen LogP contribution >= 0.6 is 0 Å². The topological polar surface area (TPSA) is 42.7 Å². The Hall–Kier alpha value is -0.900. The highest BCUT2D eigenvalue weighted by molar-refractivity contribution is 4.90. The van der Waals surface area contributed by atoms with Gasteiger partial charge in [0.05, 0.1) is 0 Å². The van der Waals surface area contributed by atoms with E-state index in [0.717, 1.165) is 12.2 Å². The van der Waals surface area contributed by atoms with Gasteiger partial charge in [0.15, 0.2) is 0 Å². The maximum atomic E-state index is 4.32. The van der Waals surface area contributed by atoms with E-state index < -0.39 is 0 Å². The second kappa shape index (κ2) is 5.26. The van der Waals surface area contributed by atoms with Crippen LogP contribution < -0.4 is 5.32 Å². The van der Waals surface area contributed by atoms with Crippen molar-refractivity contribution in [2.24, 2.45) is 5.92 Å². The van der Waals surface area contributed by atoms with Crippen LogP contribution in [0.2, 0.25) is 0 Å². The Morgan fingerprint density at radius 2 is 2.00 bits per heavy atom. The summed E-state index contributed by atoms with van der Waals surface area (Å²) in [6, 6.07) is 0.891. The minimum Gasteiger partial charge on any atom is -0.317 e. The van der Waals surface area contributed by atoms with Gasteiger partial charge in [-0.05, 0) is 33.7 Å². The smallest absolute Gasteiger partial charge is 0.138 e. The van der Waals surface area contributed by atoms with E-state index in [0.29, 0.717) is 18.0 Å². The van der Waals surface area contributed by atoms with Crippen LogP contribution in [0.3, 0.4) is 0 Å². The summed E-state index contributed by atoms with van der Waals surface area (Å²) in [5.41, 5.74) is 0. The average molecular weight is 210 g/mol. The zero-order valence-corrected chi connectivity index (χ0v) is 10.4. The molecule has 4 nitrogen and oxygen atoms in total. The van der Waals surface area contributed by atoms with Crippen molar-refractivity contribution in [3.8, 4) is 0 Å². The van der Waals surface area contributed by atoms with Crippen LogP contribution in [0.25, 0.3) is 0 Å². The zero-order chi connectivity index (χ0) is 11.4. The van der Waals surface area contributed by atoms with Crippen molar-refractivity contribution in [2.45, 2.75) is 46.2 Å². The number of hydrogen-bond donors (Lipinski definition) is 1. The lowest BCUT2D eigenvalue weighted by Gasteiger charge is -2.19. The summed E-state index contributed by atoms with van der Waals surface area (Å²) in [7, 11) is 1.99. The lowest BCUT2D eigenvalue weighted by Crippen LogP contribution is -2.30. The van der Waals surface area contributed by atoms with Gasteiger partial charge in [0, 0.05) is 18.5 Å². The fourth-order valence-electron chi connectivity index (χ4n) is 1.60. The second-order valence-corrected chi connectivity index (χ2v) is 4.47. The van der Waals surface area contributed by atoms with E-state index in [1.807, 2.05) is 11.7 Å². The number of aromatic nitrogens is 3. The molecule has 0 bridgehead atoms. The van der Waals surface area contributed by atoms with Crippen molar-refractivity contribution in [2.75, 3.05) is 7.05 Å². The standard InChI is InChI=1S/C11H22N4/c1-8(2)15-11(13-7-14-15)6-9(3)10(4)12-5/h7-10,12H,6H2,1-5H3. The predicted octanol–water partition coefficient (Wildman–Crippen LogP) is 1.65. The Kier molecular flexibility index (Phi) is 4.27. The Morgan fingerprint density at radius 1 is 1.33 bits per heavy atom. The molecule has 0 aliphatic carbocycles. The number of nitrogens with zero attached hydrogens (tertiary/aromatic N) is 3. The number of rotatable bonds is 5. The number of nitrogens with one attached hydrogen (secondary N) is 1. The maximum absolute atomic E-state index is 4.32. The molecule has 0 aromatic carbocycles. The molecule has 2 unspecified atom stereocenters. The molecule has 0 fully saturated rings. The molecule has 0 saturated carbocycles. The third-order valence-corrected chi connectivity index (χ3v) is 2.95. The van der Waals surface area contributed by atoms with Crippen molar-refractivity contribution < 1.29 is 0 Å². The van der Waals surface area contributed by atoms with Crippen molar-refractivity contribution in [3.05, 3.63) is 12.2 Å². The summed E-state index contributed by atoms with van der Waals surface area (Å²) in [5, 5.41) is 7.51. The molecular weight excluding hydrogens is 188 g/mol. The zero-order valence-electron chi connectivity index (χ0n) is 10.4. The summed E-state index contributed by atoms with van der Waals surface area (Å²) in [6.07, 6.45) is 2.62. The molecule has 0 spiro atoms. The van der Waals surface area contributed by atoms with Gasteiger partial charge in [0.25, 0.3) is 0 Å².